The molecule has 1 amide bonds. The minimum Gasteiger partial charge on any atom is -0.372 e. The molecule has 5 rings (SSSR count). The first kappa shape index (κ1) is 23.3. The second-order valence-corrected chi connectivity index (χ2v) is 9.54. The number of aliphatic hydroxyl groups excluding tert-OH is 1. The van der Waals surface area contributed by atoms with Gasteiger partial charge in [-0.25, -0.2) is 4.39 Å². The molecule has 2 aromatic rings. The van der Waals surface area contributed by atoms with Crippen LogP contribution in [0.4, 0.5) is 10.1 Å². The Morgan fingerprint density at radius 1 is 1.23 bits per heavy atom. The fourth-order valence-electron chi connectivity index (χ4n) is 5.00. The molecule has 6 nitrogen and oxygen atoms in total. The van der Waals surface area contributed by atoms with E-state index in [1.54, 1.807) is 15.9 Å². The lowest BCUT2D eigenvalue weighted by atomic mass is 9.96. The fourth-order valence-corrected chi connectivity index (χ4v) is 5.00. The van der Waals surface area contributed by atoms with Gasteiger partial charge in [-0.2, -0.15) is 0 Å². The van der Waals surface area contributed by atoms with E-state index in [4.69, 9.17) is 0 Å². The van der Waals surface area contributed by atoms with E-state index in [0.29, 0.717) is 25.1 Å². The Bertz CT molecular complexity index is 1220. The fraction of sp³-hybridized carbons (Fsp3) is 0.357. The van der Waals surface area contributed by atoms with Crippen molar-refractivity contribution in [1.29, 1.82) is 0 Å². The predicted molar refractivity (Wildman–Crippen MR) is 135 cm³/mol. The number of benzene rings is 2. The van der Waals surface area contributed by atoms with Crippen molar-refractivity contribution < 1.29 is 14.3 Å². The van der Waals surface area contributed by atoms with Gasteiger partial charge >= 0.3 is 0 Å². The first-order chi connectivity index (χ1) is 16.9. The number of nitrogens with zero attached hydrogens (tertiary/aromatic N) is 4. The maximum atomic E-state index is 15.2. The van der Waals surface area contributed by atoms with E-state index in [-0.39, 0.29) is 30.7 Å². The van der Waals surface area contributed by atoms with E-state index < -0.39 is 6.23 Å². The molecule has 0 saturated carbocycles. The van der Waals surface area contributed by atoms with Crippen LogP contribution in [0.15, 0.2) is 71.3 Å². The molecule has 2 heterocycles. The van der Waals surface area contributed by atoms with Crippen molar-refractivity contribution >= 4 is 17.4 Å². The first-order valence-corrected chi connectivity index (χ1v) is 12.1. The number of halogens is 1. The quantitative estimate of drug-likeness (QED) is 0.734. The average molecular weight is 475 g/mol. The van der Waals surface area contributed by atoms with Crippen LogP contribution in [0.2, 0.25) is 0 Å². The van der Waals surface area contributed by atoms with Crippen molar-refractivity contribution in [2.75, 3.05) is 31.6 Å². The van der Waals surface area contributed by atoms with Gasteiger partial charge in [-0.3, -0.25) is 9.79 Å². The second kappa shape index (κ2) is 9.66. The maximum absolute atomic E-state index is 15.2. The number of β-amino-alcohol motifs (C(OH)–C–C–N with tert-alkyl or cyclic N) is 1. The largest absolute Gasteiger partial charge is 0.372 e. The number of carbonyl (C=O) groups is 1. The van der Waals surface area contributed by atoms with Gasteiger partial charge in [0.2, 0.25) is 5.91 Å². The van der Waals surface area contributed by atoms with Crippen molar-refractivity contribution in [3.63, 3.8) is 0 Å². The molecule has 2 atom stereocenters. The molecule has 0 saturated heterocycles. The third-order valence-electron chi connectivity index (χ3n) is 7.03. The predicted octanol–water partition coefficient (Wildman–Crippen LogP) is 3.71. The van der Waals surface area contributed by atoms with Crippen LogP contribution >= 0.6 is 0 Å². The zero-order chi connectivity index (χ0) is 24.5. The molecular formula is C28H31FN4O2. The van der Waals surface area contributed by atoms with E-state index in [0.717, 1.165) is 34.8 Å². The standard InChI is InChI=1S/C28H31FN4O2/c1-19-7-9-20(10-8-19)28(35)32-16-23-5-3-4-6-25(23)33(26(34)18-32)17-22-12-11-21(15-24(22)29)27-30-13-14-31(27)2/h3-9,11-12,15,20,26,34H,10,13-14,16-18H2,1-2H3. The van der Waals surface area contributed by atoms with Crippen LogP contribution in [0, 0.1) is 11.7 Å². The van der Waals surface area contributed by atoms with Crippen LogP contribution in [0.3, 0.4) is 0 Å². The van der Waals surface area contributed by atoms with Gasteiger partial charge in [-0.15, -0.1) is 0 Å². The highest BCUT2D eigenvalue weighted by molar-refractivity contribution is 5.99. The maximum Gasteiger partial charge on any atom is 0.230 e. The Kier molecular flexibility index (Phi) is 6.43. The van der Waals surface area contributed by atoms with Gasteiger partial charge in [0, 0.05) is 43.5 Å². The molecule has 0 bridgehead atoms. The summed E-state index contributed by atoms with van der Waals surface area (Å²) in [5, 5.41) is 11.2. The number of amidine groups is 1. The number of para-hydroxylation sites is 1. The summed E-state index contributed by atoms with van der Waals surface area (Å²) < 4.78 is 15.2. The summed E-state index contributed by atoms with van der Waals surface area (Å²) in [5.41, 5.74) is 4.14. The summed E-state index contributed by atoms with van der Waals surface area (Å²) in [6.45, 7) is 4.32. The Labute approximate surface area is 205 Å². The third kappa shape index (κ3) is 4.73. The Morgan fingerprint density at radius 3 is 2.77 bits per heavy atom. The van der Waals surface area contributed by atoms with Gasteiger partial charge < -0.3 is 19.8 Å². The Hall–Kier alpha value is -3.45. The number of amides is 1. The number of carbonyl (C=O) groups excluding carboxylic acids is 1. The number of fused-ring (bicyclic) bond motifs is 1. The molecule has 2 unspecified atom stereocenters. The van der Waals surface area contributed by atoms with Crippen molar-refractivity contribution in [3.8, 4) is 0 Å². The number of hydrogen-bond acceptors (Lipinski definition) is 5. The molecule has 2 aromatic carbocycles. The molecular weight excluding hydrogens is 443 g/mol. The lowest BCUT2D eigenvalue weighted by Gasteiger charge is -2.31. The van der Waals surface area contributed by atoms with Gasteiger partial charge in [-0.1, -0.05) is 54.1 Å². The highest BCUT2D eigenvalue weighted by Gasteiger charge is 2.32. The van der Waals surface area contributed by atoms with Crippen molar-refractivity contribution in [2.24, 2.45) is 10.9 Å². The summed E-state index contributed by atoms with van der Waals surface area (Å²) in [7, 11) is 1.95. The topological polar surface area (TPSA) is 59.4 Å². The normalized spacial score (nSPS) is 22.0. The second-order valence-electron chi connectivity index (χ2n) is 9.54. The highest BCUT2D eigenvalue weighted by atomic mass is 19.1. The molecule has 182 valence electrons. The van der Waals surface area contributed by atoms with Crippen LogP contribution in [0.1, 0.15) is 30.0 Å². The molecule has 0 spiro atoms. The number of allylic oxidation sites excluding steroid dienone is 3. The minimum absolute atomic E-state index is 0.00213. The Morgan fingerprint density at radius 2 is 2.06 bits per heavy atom. The van der Waals surface area contributed by atoms with E-state index in [1.165, 1.54) is 6.07 Å². The van der Waals surface area contributed by atoms with Crippen molar-refractivity contribution in [1.82, 2.24) is 9.80 Å². The molecule has 1 N–H and O–H groups in total. The van der Waals surface area contributed by atoms with Crippen LogP contribution < -0.4 is 4.90 Å². The van der Waals surface area contributed by atoms with Crippen LogP contribution in [0.5, 0.6) is 0 Å². The third-order valence-corrected chi connectivity index (χ3v) is 7.03. The number of hydrogen-bond donors (Lipinski definition) is 1. The number of aliphatic hydroxyl groups is 1. The smallest absolute Gasteiger partial charge is 0.230 e. The molecule has 7 heteroatoms. The summed E-state index contributed by atoms with van der Waals surface area (Å²) in [4.78, 5) is 23.3. The molecule has 3 aliphatic rings. The average Bonchev–Trinajstić information content (AvgIpc) is 3.23. The van der Waals surface area contributed by atoms with Gasteiger partial charge in [-0.05, 0) is 31.0 Å². The zero-order valence-corrected chi connectivity index (χ0v) is 20.2. The summed E-state index contributed by atoms with van der Waals surface area (Å²) in [6.07, 6.45) is 5.69. The summed E-state index contributed by atoms with van der Waals surface area (Å²) in [5.74, 6) is 0.234. The number of likely N-dealkylation sites (N-methyl/N-ethyl adjacent to an activating group) is 1. The molecule has 2 aliphatic heterocycles. The van der Waals surface area contributed by atoms with Crippen LogP contribution in [-0.2, 0) is 17.9 Å². The van der Waals surface area contributed by atoms with Gasteiger partial charge in [0.25, 0.3) is 0 Å². The Balaban J connectivity index is 1.39. The number of aliphatic imine (C=N–C) groups is 1. The minimum atomic E-state index is -0.961. The SMILES string of the molecule is CC1=CCC(C(=O)N2Cc3ccccc3N(Cc3ccc(C4=NCCN4C)cc3F)C(O)C2)C=C1. The van der Waals surface area contributed by atoms with Crippen molar-refractivity contribution in [3.05, 3.63) is 88.8 Å². The van der Waals surface area contributed by atoms with E-state index in [9.17, 15) is 9.90 Å². The van der Waals surface area contributed by atoms with Gasteiger partial charge in [0.15, 0.2) is 0 Å². The number of anilines is 1. The zero-order valence-electron chi connectivity index (χ0n) is 20.2. The molecule has 0 fully saturated rings. The molecule has 0 radical (unpaired) electrons. The number of rotatable bonds is 4. The summed E-state index contributed by atoms with van der Waals surface area (Å²) >= 11 is 0. The molecule has 0 aromatic heterocycles. The monoisotopic (exact) mass is 474 g/mol. The first-order valence-electron chi connectivity index (χ1n) is 12.1. The van der Waals surface area contributed by atoms with Gasteiger partial charge in [0.1, 0.15) is 17.9 Å². The van der Waals surface area contributed by atoms with E-state index in [1.807, 2.05) is 61.4 Å². The van der Waals surface area contributed by atoms with E-state index in [2.05, 4.69) is 11.1 Å². The molecule has 35 heavy (non-hydrogen) atoms. The van der Waals surface area contributed by atoms with Gasteiger partial charge in [0.05, 0.1) is 19.0 Å². The lowest BCUT2D eigenvalue weighted by Crippen LogP contribution is -2.44. The lowest BCUT2D eigenvalue weighted by molar-refractivity contribution is -0.135. The highest BCUT2D eigenvalue weighted by Crippen LogP contribution is 2.31. The molecule has 1 aliphatic carbocycles. The van der Waals surface area contributed by atoms with Crippen LogP contribution in [-0.4, -0.2) is 59.6 Å². The summed E-state index contributed by atoms with van der Waals surface area (Å²) in [6, 6.07) is 12.9. The van der Waals surface area contributed by atoms with Crippen LogP contribution in [0.25, 0.3) is 0 Å². The van der Waals surface area contributed by atoms with Crippen molar-refractivity contribution in [2.45, 2.75) is 32.7 Å². The van der Waals surface area contributed by atoms with E-state index >= 15 is 4.39 Å².